The van der Waals surface area contributed by atoms with Crippen LogP contribution in [0.25, 0.3) is 0 Å². The van der Waals surface area contributed by atoms with Gasteiger partial charge in [-0.05, 0) is 24.3 Å². The number of carbonyl (C=O) groups excluding carboxylic acids is 1. The number of nitrogens with zero attached hydrogens (tertiary/aromatic N) is 1. The quantitative estimate of drug-likeness (QED) is 0.850. The number of rotatable bonds is 3. The number of hydrazine groups is 1. The highest BCUT2D eigenvalue weighted by Crippen LogP contribution is 2.23. The van der Waals surface area contributed by atoms with Crippen LogP contribution in [0.2, 0.25) is 10.0 Å². The summed E-state index contributed by atoms with van der Waals surface area (Å²) in [6, 6.07) is 10.2. The van der Waals surface area contributed by atoms with Gasteiger partial charge in [0.15, 0.2) is 0 Å². The summed E-state index contributed by atoms with van der Waals surface area (Å²) in [6.07, 6.45) is 1.61. The predicted octanol–water partition coefficient (Wildman–Crippen LogP) is 3.15. The van der Waals surface area contributed by atoms with Crippen LogP contribution in [0.3, 0.4) is 0 Å². The maximum atomic E-state index is 11.9. The van der Waals surface area contributed by atoms with Gasteiger partial charge < -0.3 is 0 Å². The molecule has 0 saturated heterocycles. The third-order valence-corrected chi connectivity index (χ3v) is 2.79. The van der Waals surface area contributed by atoms with E-state index in [1.54, 1.807) is 42.6 Å². The van der Waals surface area contributed by atoms with Gasteiger partial charge in [-0.1, -0.05) is 35.3 Å². The van der Waals surface area contributed by atoms with Crippen molar-refractivity contribution in [1.82, 2.24) is 10.4 Å². The number of aromatic nitrogens is 1. The first-order chi connectivity index (χ1) is 8.68. The molecule has 18 heavy (non-hydrogen) atoms. The molecular formula is C12H9Cl2N3O. The molecule has 0 radical (unpaired) electrons. The molecule has 1 aromatic heterocycles. The second kappa shape index (κ2) is 5.71. The highest BCUT2D eigenvalue weighted by Gasteiger charge is 2.13. The van der Waals surface area contributed by atoms with Crippen molar-refractivity contribution >= 4 is 34.9 Å². The summed E-state index contributed by atoms with van der Waals surface area (Å²) in [4.78, 5) is 15.9. The van der Waals surface area contributed by atoms with E-state index in [1.807, 2.05) is 0 Å². The summed E-state index contributed by atoms with van der Waals surface area (Å²) in [7, 11) is 0. The number of amides is 1. The second-order valence-electron chi connectivity index (χ2n) is 3.39. The van der Waals surface area contributed by atoms with Crippen LogP contribution < -0.4 is 10.9 Å². The normalized spacial score (nSPS) is 9.89. The molecule has 0 saturated carbocycles. The van der Waals surface area contributed by atoms with Crippen molar-refractivity contribution < 1.29 is 4.79 Å². The number of halogens is 2. The van der Waals surface area contributed by atoms with Crippen LogP contribution in [0.15, 0.2) is 42.6 Å². The fraction of sp³-hybridized carbons (Fsp3) is 0. The summed E-state index contributed by atoms with van der Waals surface area (Å²) in [5.41, 5.74) is 5.37. The third-order valence-electron chi connectivity index (χ3n) is 2.16. The largest absolute Gasteiger partial charge is 0.282 e. The Morgan fingerprint density at radius 2 is 1.78 bits per heavy atom. The molecule has 1 aromatic carbocycles. The van der Waals surface area contributed by atoms with Crippen molar-refractivity contribution in [3.63, 3.8) is 0 Å². The summed E-state index contributed by atoms with van der Waals surface area (Å²) in [5, 5.41) is 0.589. The maximum absolute atomic E-state index is 11.9. The van der Waals surface area contributed by atoms with E-state index in [9.17, 15) is 4.79 Å². The van der Waals surface area contributed by atoms with Crippen LogP contribution in [0.4, 0.5) is 5.82 Å². The molecule has 2 aromatic rings. The molecule has 2 N–H and O–H groups in total. The predicted molar refractivity (Wildman–Crippen MR) is 71.8 cm³/mol. The topological polar surface area (TPSA) is 54.0 Å². The fourth-order valence-corrected chi connectivity index (χ4v) is 1.90. The number of anilines is 1. The Kier molecular flexibility index (Phi) is 4.02. The van der Waals surface area contributed by atoms with E-state index in [4.69, 9.17) is 23.2 Å². The Bertz CT molecular complexity index is 540. The molecule has 0 aliphatic heterocycles. The van der Waals surface area contributed by atoms with Gasteiger partial charge >= 0.3 is 0 Å². The van der Waals surface area contributed by atoms with Crippen LogP contribution in [-0.2, 0) is 0 Å². The molecule has 0 atom stereocenters. The van der Waals surface area contributed by atoms with Crippen LogP contribution in [-0.4, -0.2) is 10.9 Å². The van der Waals surface area contributed by atoms with Crippen LogP contribution in [0.1, 0.15) is 10.4 Å². The van der Waals surface area contributed by atoms with E-state index < -0.39 is 5.91 Å². The molecule has 0 fully saturated rings. The maximum Gasteiger partial charge on any atom is 0.272 e. The zero-order chi connectivity index (χ0) is 13.0. The molecule has 0 bridgehead atoms. The van der Waals surface area contributed by atoms with Gasteiger partial charge in [-0.2, -0.15) is 0 Å². The van der Waals surface area contributed by atoms with E-state index in [0.29, 0.717) is 15.9 Å². The average molecular weight is 282 g/mol. The zero-order valence-corrected chi connectivity index (χ0v) is 10.7. The molecule has 92 valence electrons. The molecule has 0 spiro atoms. The first kappa shape index (κ1) is 12.7. The highest BCUT2D eigenvalue weighted by atomic mass is 35.5. The lowest BCUT2D eigenvalue weighted by molar-refractivity contribution is 0.0963. The van der Waals surface area contributed by atoms with Gasteiger partial charge in [-0.25, -0.2) is 4.98 Å². The molecule has 1 amide bonds. The van der Waals surface area contributed by atoms with E-state index in [2.05, 4.69) is 15.8 Å². The van der Waals surface area contributed by atoms with Crippen molar-refractivity contribution in [1.29, 1.82) is 0 Å². The molecule has 2 rings (SSSR count). The van der Waals surface area contributed by atoms with Gasteiger partial charge in [0.25, 0.3) is 5.91 Å². The smallest absolute Gasteiger partial charge is 0.272 e. The molecule has 0 unspecified atom stereocenters. The Balaban J connectivity index is 2.09. The van der Waals surface area contributed by atoms with Crippen LogP contribution >= 0.6 is 23.2 Å². The number of hydrogen-bond acceptors (Lipinski definition) is 3. The summed E-state index contributed by atoms with van der Waals surface area (Å²) >= 11 is 11.8. The summed E-state index contributed by atoms with van der Waals surface area (Å²) in [5.74, 6) is 0.102. The highest BCUT2D eigenvalue weighted by molar-refractivity contribution is 6.39. The third kappa shape index (κ3) is 2.91. The van der Waals surface area contributed by atoms with Crippen molar-refractivity contribution in [3.8, 4) is 0 Å². The Morgan fingerprint density at radius 1 is 1.06 bits per heavy atom. The number of benzene rings is 1. The molecule has 6 heteroatoms. The lowest BCUT2D eigenvalue weighted by Crippen LogP contribution is -2.30. The molecule has 4 nitrogen and oxygen atoms in total. The number of pyridine rings is 1. The summed E-state index contributed by atoms with van der Waals surface area (Å²) in [6.45, 7) is 0. The second-order valence-corrected chi connectivity index (χ2v) is 4.21. The van der Waals surface area contributed by atoms with Gasteiger partial charge in [0.05, 0.1) is 15.6 Å². The Morgan fingerprint density at radius 3 is 2.39 bits per heavy atom. The lowest BCUT2D eigenvalue weighted by atomic mass is 10.2. The molecule has 0 aliphatic carbocycles. The first-order valence-corrected chi connectivity index (χ1v) is 5.85. The van der Waals surface area contributed by atoms with Gasteiger partial charge in [-0.15, -0.1) is 0 Å². The average Bonchev–Trinajstić information content (AvgIpc) is 2.37. The van der Waals surface area contributed by atoms with E-state index in [1.165, 1.54) is 0 Å². The van der Waals surface area contributed by atoms with E-state index >= 15 is 0 Å². The summed E-state index contributed by atoms with van der Waals surface area (Å²) < 4.78 is 0. The van der Waals surface area contributed by atoms with Crippen LogP contribution in [0.5, 0.6) is 0 Å². The van der Waals surface area contributed by atoms with Gasteiger partial charge in [0.2, 0.25) is 0 Å². The Hall–Kier alpha value is -1.78. The lowest BCUT2D eigenvalue weighted by Gasteiger charge is -2.09. The van der Waals surface area contributed by atoms with Crippen molar-refractivity contribution in [3.05, 3.63) is 58.2 Å². The molecule has 0 aliphatic rings. The van der Waals surface area contributed by atoms with Gasteiger partial charge in [0, 0.05) is 6.20 Å². The number of carbonyl (C=O) groups is 1. The van der Waals surface area contributed by atoms with E-state index in [-0.39, 0.29) is 5.56 Å². The van der Waals surface area contributed by atoms with Crippen molar-refractivity contribution in [2.45, 2.75) is 0 Å². The minimum absolute atomic E-state index is 0.226. The zero-order valence-electron chi connectivity index (χ0n) is 9.15. The standard InChI is InChI=1S/C12H9Cl2N3O/c13-8-4-3-5-9(14)11(8)12(18)17-16-10-6-1-2-7-15-10/h1-7H,(H,15,16)(H,17,18). The monoisotopic (exact) mass is 281 g/mol. The Labute approximate surface area is 114 Å². The van der Waals surface area contributed by atoms with Gasteiger partial charge in [0.1, 0.15) is 5.82 Å². The van der Waals surface area contributed by atoms with Crippen molar-refractivity contribution in [2.24, 2.45) is 0 Å². The van der Waals surface area contributed by atoms with Crippen molar-refractivity contribution in [2.75, 3.05) is 5.43 Å². The SMILES string of the molecule is O=C(NNc1ccccn1)c1c(Cl)cccc1Cl. The minimum Gasteiger partial charge on any atom is -0.282 e. The molecular weight excluding hydrogens is 273 g/mol. The van der Waals surface area contributed by atoms with Crippen LogP contribution in [0, 0.1) is 0 Å². The molecule has 1 heterocycles. The van der Waals surface area contributed by atoms with Gasteiger partial charge in [-0.3, -0.25) is 15.6 Å². The fourth-order valence-electron chi connectivity index (χ4n) is 1.33. The van der Waals surface area contributed by atoms with E-state index in [0.717, 1.165) is 0 Å². The minimum atomic E-state index is -0.420. The number of hydrogen-bond donors (Lipinski definition) is 2. The first-order valence-electron chi connectivity index (χ1n) is 5.10. The number of nitrogens with one attached hydrogen (secondary N) is 2.